The Hall–Kier alpha value is -3.33. The van der Waals surface area contributed by atoms with Crippen LogP contribution in [-0.2, 0) is 11.3 Å². The van der Waals surface area contributed by atoms with E-state index in [1.54, 1.807) is 4.90 Å². The topological polar surface area (TPSA) is 29.5 Å². The molecule has 0 aromatic heterocycles. The van der Waals surface area contributed by atoms with Crippen molar-refractivity contribution in [1.29, 1.82) is 0 Å². The number of nitrogens with zero attached hydrogens (tertiary/aromatic N) is 1. The van der Waals surface area contributed by atoms with Crippen molar-refractivity contribution in [3.63, 3.8) is 0 Å². The van der Waals surface area contributed by atoms with Crippen LogP contribution in [0.5, 0.6) is 0 Å². The SMILES string of the molecule is O=C(OCc1ccccc1)N1C=Cc2ccccc2[C@H]1c1ccccc1. The van der Waals surface area contributed by atoms with E-state index < -0.39 is 0 Å². The van der Waals surface area contributed by atoms with Gasteiger partial charge in [0, 0.05) is 6.20 Å². The molecule has 128 valence electrons. The van der Waals surface area contributed by atoms with Crippen molar-refractivity contribution in [2.75, 3.05) is 0 Å². The van der Waals surface area contributed by atoms with Gasteiger partial charge in [-0.2, -0.15) is 0 Å². The number of amides is 1. The predicted molar refractivity (Wildman–Crippen MR) is 102 cm³/mol. The van der Waals surface area contributed by atoms with Crippen molar-refractivity contribution in [3.05, 3.63) is 113 Å². The van der Waals surface area contributed by atoms with E-state index in [1.807, 2.05) is 85.1 Å². The maximum absolute atomic E-state index is 12.8. The highest BCUT2D eigenvalue weighted by Gasteiger charge is 2.30. The first-order valence-corrected chi connectivity index (χ1v) is 8.64. The standard InChI is InChI=1S/C23H19NO2/c25-23(26-17-18-9-3-1-4-10-18)24-16-15-19-11-7-8-14-21(19)22(24)20-12-5-2-6-13-20/h1-16,22H,17H2/t22-/m1/s1. The molecule has 1 atom stereocenters. The molecule has 0 saturated heterocycles. The molecule has 1 heterocycles. The summed E-state index contributed by atoms with van der Waals surface area (Å²) >= 11 is 0. The summed E-state index contributed by atoms with van der Waals surface area (Å²) in [5, 5.41) is 0. The summed E-state index contributed by atoms with van der Waals surface area (Å²) < 4.78 is 5.57. The second kappa shape index (κ2) is 7.28. The number of rotatable bonds is 3. The second-order valence-electron chi connectivity index (χ2n) is 6.21. The summed E-state index contributed by atoms with van der Waals surface area (Å²) in [6.07, 6.45) is 3.42. The quantitative estimate of drug-likeness (QED) is 0.638. The van der Waals surface area contributed by atoms with Crippen LogP contribution in [0.15, 0.2) is 91.1 Å². The number of ether oxygens (including phenoxy) is 1. The Morgan fingerprint density at radius 1 is 0.846 bits per heavy atom. The first kappa shape index (κ1) is 16.2. The highest BCUT2D eigenvalue weighted by Crippen LogP contribution is 2.35. The van der Waals surface area contributed by atoms with Crippen LogP contribution in [0.3, 0.4) is 0 Å². The van der Waals surface area contributed by atoms with Gasteiger partial charge in [-0.1, -0.05) is 84.9 Å². The van der Waals surface area contributed by atoms with Crippen molar-refractivity contribution in [3.8, 4) is 0 Å². The average Bonchev–Trinajstić information content (AvgIpc) is 2.72. The Morgan fingerprint density at radius 3 is 2.27 bits per heavy atom. The maximum Gasteiger partial charge on any atom is 0.414 e. The van der Waals surface area contributed by atoms with Gasteiger partial charge in [-0.05, 0) is 28.3 Å². The molecule has 0 bridgehead atoms. The highest BCUT2D eigenvalue weighted by atomic mass is 16.6. The fourth-order valence-corrected chi connectivity index (χ4v) is 3.24. The molecule has 1 amide bonds. The van der Waals surface area contributed by atoms with Crippen molar-refractivity contribution < 1.29 is 9.53 Å². The van der Waals surface area contributed by atoms with E-state index in [9.17, 15) is 4.79 Å². The van der Waals surface area contributed by atoms with Gasteiger partial charge in [0.25, 0.3) is 0 Å². The molecule has 3 heteroatoms. The minimum Gasteiger partial charge on any atom is -0.444 e. The molecule has 26 heavy (non-hydrogen) atoms. The average molecular weight is 341 g/mol. The molecule has 1 aliphatic rings. The fourth-order valence-electron chi connectivity index (χ4n) is 3.24. The van der Waals surface area contributed by atoms with Gasteiger partial charge in [-0.25, -0.2) is 4.79 Å². The zero-order chi connectivity index (χ0) is 17.8. The summed E-state index contributed by atoms with van der Waals surface area (Å²) in [6, 6.07) is 27.7. The second-order valence-corrected chi connectivity index (χ2v) is 6.21. The molecule has 0 aliphatic carbocycles. The van der Waals surface area contributed by atoms with Gasteiger partial charge < -0.3 is 4.74 Å². The number of carbonyl (C=O) groups excluding carboxylic acids is 1. The molecule has 0 N–H and O–H groups in total. The summed E-state index contributed by atoms with van der Waals surface area (Å²) in [5.41, 5.74) is 4.24. The lowest BCUT2D eigenvalue weighted by Gasteiger charge is -2.33. The van der Waals surface area contributed by atoms with Crippen molar-refractivity contribution in [2.45, 2.75) is 12.6 Å². The lowest BCUT2D eigenvalue weighted by molar-refractivity contribution is 0.103. The van der Waals surface area contributed by atoms with Crippen LogP contribution in [0, 0.1) is 0 Å². The van der Waals surface area contributed by atoms with E-state index in [0.29, 0.717) is 0 Å². The zero-order valence-electron chi connectivity index (χ0n) is 14.3. The van der Waals surface area contributed by atoms with E-state index in [1.165, 1.54) is 0 Å². The Kier molecular flexibility index (Phi) is 4.52. The largest absolute Gasteiger partial charge is 0.444 e. The van der Waals surface area contributed by atoms with Crippen LogP contribution in [0.2, 0.25) is 0 Å². The number of benzene rings is 3. The first-order valence-electron chi connectivity index (χ1n) is 8.64. The van der Waals surface area contributed by atoms with Crippen LogP contribution >= 0.6 is 0 Å². The summed E-state index contributed by atoms with van der Waals surface area (Å²) in [7, 11) is 0. The Balaban J connectivity index is 1.63. The molecule has 0 spiro atoms. The van der Waals surface area contributed by atoms with Gasteiger partial charge >= 0.3 is 6.09 Å². The molecule has 3 aromatic carbocycles. The van der Waals surface area contributed by atoms with Crippen LogP contribution in [0.4, 0.5) is 4.79 Å². The van der Waals surface area contributed by atoms with Crippen LogP contribution in [0.1, 0.15) is 28.3 Å². The minimum absolute atomic E-state index is 0.194. The van der Waals surface area contributed by atoms with Crippen LogP contribution in [-0.4, -0.2) is 11.0 Å². The number of carbonyl (C=O) groups is 1. The highest BCUT2D eigenvalue weighted by molar-refractivity contribution is 5.74. The summed E-state index contributed by atoms with van der Waals surface area (Å²) in [5.74, 6) is 0. The molecule has 4 rings (SSSR count). The third-order valence-electron chi connectivity index (χ3n) is 4.51. The van der Waals surface area contributed by atoms with E-state index >= 15 is 0 Å². The van der Waals surface area contributed by atoms with Gasteiger partial charge in [0.1, 0.15) is 6.61 Å². The predicted octanol–water partition coefficient (Wildman–Crippen LogP) is 5.40. The van der Waals surface area contributed by atoms with E-state index in [2.05, 4.69) is 12.1 Å². The van der Waals surface area contributed by atoms with Crippen molar-refractivity contribution in [2.24, 2.45) is 0 Å². The fraction of sp³-hybridized carbons (Fsp3) is 0.0870. The molecule has 3 nitrogen and oxygen atoms in total. The molecule has 0 unspecified atom stereocenters. The monoisotopic (exact) mass is 341 g/mol. The van der Waals surface area contributed by atoms with Gasteiger partial charge in [0.05, 0.1) is 6.04 Å². The molecular weight excluding hydrogens is 322 g/mol. The Labute approximate surface area is 153 Å². The van der Waals surface area contributed by atoms with E-state index in [-0.39, 0.29) is 18.7 Å². The molecular formula is C23H19NO2. The lowest BCUT2D eigenvalue weighted by Crippen LogP contribution is -2.33. The van der Waals surface area contributed by atoms with Crippen molar-refractivity contribution >= 4 is 12.2 Å². The van der Waals surface area contributed by atoms with Gasteiger partial charge in [-0.3, -0.25) is 4.90 Å². The lowest BCUT2D eigenvalue weighted by atomic mass is 9.91. The zero-order valence-corrected chi connectivity index (χ0v) is 14.3. The van der Waals surface area contributed by atoms with E-state index in [0.717, 1.165) is 22.3 Å². The minimum atomic E-state index is -0.353. The van der Waals surface area contributed by atoms with Crippen molar-refractivity contribution in [1.82, 2.24) is 4.90 Å². The number of hydrogen-bond donors (Lipinski definition) is 0. The summed E-state index contributed by atoms with van der Waals surface area (Å²) in [6.45, 7) is 0.257. The third kappa shape index (κ3) is 3.24. The molecule has 1 aliphatic heterocycles. The molecule has 0 fully saturated rings. The van der Waals surface area contributed by atoms with Gasteiger partial charge in [0.2, 0.25) is 0 Å². The first-order chi connectivity index (χ1) is 12.8. The number of fused-ring (bicyclic) bond motifs is 1. The maximum atomic E-state index is 12.8. The van der Waals surface area contributed by atoms with Gasteiger partial charge in [-0.15, -0.1) is 0 Å². The summed E-state index contributed by atoms with van der Waals surface area (Å²) in [4.78, 5) is 14.5. The molecule has 0 radical (unpaired) electrons. The van der Waals surface area contributed by atoms with Crippen LogP contribution < -0.4 is 0 Å². The van der Waals surface area contributed by atoms with Gasteiger partial charge in [0.15, 0.2) is 0 Å². The normalized spacial score (nSPS) is 15.4. The Morgan fingerprint density at radius 2 is 1.50 bits per heavy atom. The van der Waals surface area contributed by atoms with E-state index in [4.69, 9.17) is 4.74 Å². The molecule has 3 aromatic rings. The molecule has 0 saturated carbocycles. The van der Waals surface area contributed by atoms with Crippen LogP contribution in [0.25, 0.3) is 6.08 Å². The Bertz CT molecular complexity index is 919. The number of hydrogen-bond acceptors (Lipinski definition) is 2. The smallest absolute Gasteiger partial charge is 0.414 e. The third-order valence-corrected chi connectivity index (χ3v) is 4.51.